The van der Waals surface area contributed by atoms with E-state index in [1.54, 1.807) is 26.4 Å². The van der Waals surface area contributed by atoms with E-state index >= 15 is 0 Å². The van der Waals surface area contributed by atoms with Gasteiger partial charge in [-0.3, -0.25) is 0 Å². The molecule has 0 saturated carbocycles. The molecule has 0 aliphatic carbocycles. The zero-order chi connectivity index (χ0) is 14.9. The van der Waals surface area contributed by atoms with Gasteiger partial charge in [0.1, 0.15) is 22.1 Å². The van der Waals surface area contributed by atoms with Crippen molar-refractivity contribution in [2.45, 2.75) is 6.10 Å². The normalized spacial score (nSPS) is 12.3. The smallest absolute Gasteiger partial charge is 0.142 e. The molecule has 7 heteroatoms. The van der Waals surface area contributed by atoms with Crippen LogP contribution >= 0.6 is 59.1 Å². The summed E-state index contributed by atoms with van der Waals surface area (Å²) in [4.78, 5) is 0.819. The van der Waals surface area contributed by atoms with Gasteiger partial charge in [-0.05, 0) is 66.0 Å². The predicted molar refractivity (Wildman–Crippen MR) is 91.0 cm³/mol. The van der Waals surface area contributed by atoms with Crippen molar-refractivity contribution in [3.63, 3.8) is 0 Å². The summed E-state index contributed by atoms with van der Waals surface area (Å²) in [7, 11) is 3.15. The minimum Gasteiger partial charge on any atom is -0.495 e. The third-order valence-electron chi connectivity index (χ3n) is 2.74. The molecule has 1 atom stereocenters. The molecule has 1 unspecified atom stereocenters. The Bertz CT molecular complexity index is 608. The van der Waals surface area contributed by atoms with Crippen molar-refractivity contribution < 1.29 is 14.6 Å². The molecule has 2 rings (SSSR count). The van der Waals surface area contributed by atoms with E-state index in [0.717, 1.165) is 13.1 Å². The molecule has 0 saturated heterocycles. The summed E-state index contributed by atoms with van der Waals surface area (Å²) >= 11 is 11.8. The van der Waals surface area contributed by atoms with Gasteiger partial charge in [0.15, 0.2) is 0 Å². The summed E-state index contributed by atoms with van der Waals surface area (Å²) in [5.41, 5.74) is 0.682. The number of halogens is 3. The van der Waals surface area contributed by atoms with Gasteiger partial charge in [0.2, 0.25) is 0 Å². The topological polar surface area (TPSA) is 38.7 Å². The van der Waals surface area contributed by atoms with E-state index in [1.165, 1.54) is 11.3 Å². The van der Waals surface area contributed by atoms with Crippen LogP contribution in [0, 0.1) is 0 Å². The van der Waals surface area contributed by atoms with E-state index in [-0.39, 0.29) is 0 Å². The Hall–Kier alpha value is -0.0800. The fourth-order valence-electron chi connectivity index (χ4n) is 1.78. The number of thiophene rings is 1. The van der Waals surface area contributed by atoms with Gasteiger partial charge in [-0.2, -0.15) is 0 Å². The van der Waals surface area contributed by atoms with Crippen LogP contribution < -0.4 is 9.47 Å². The van der Waals surface area contributed by atoms with Gasteiger partial charge in [-0.25, -0.2) is 0 Å². The SMILES string of the molecule is COc1ccc(C(O)c2cc(Br)c(Br)s2)c(OC)c1Br. The molecule has 0 spiro atoms. The lowest BCUT2D eigenvalue weighted by atomic mass is 10.1. The molecule has 3 nitrogen and oxygen atoms in total. The Kier molecular flexibility index (Phi) is 5.53. The van der Waals surface area contributed by atoms with Crippen LogP contribution in [-0.4, -0.2) is 19.3 Å². The number of benzene rings is 1. The molecular weight excluding hydrogens is 476 g/mol. The second-order valence-corrected chi connectivity index (χ2v) is 7.93. The number of aliphatic hydroxyl groups excluding tert-OH is 1. The lowest BCUT2D eigenvalue weighted by Crippen LogP contribution is -2.02. The van der Waals surface area contributed by atoms with Gasteiger partial charge < -0.3 is 14.6 Å². The van der Waals surface area contributed by atoms with Crippen molar-refractivity contribution in [2.24, 2.45) is 0 Å². The minimum atomic E-state index is -0.764. The first-order chi connectivity index (χ1) is 9.49. The zero-order valence-corrected chi connectivity index (χ0v) is 16.2. The average molecular weight is 487 g/mol. The van der Waals surface area contributed by atoms with Gasteiger partial charge in [-0.15, -0.1) is 11.3 Å². The molecule has 0 aliphatic rings. The molecule has 108 valence electrons. The van der Waals surface area contributed by atoms with Gasteiger partial charge in [0.05, 0.1) is 18.0 Å². The van der Waals surface area contributed by atoms with Crippen LogP contribution in [0.5, 0.6) is 11.5 Å². The van der Waals surface area contributed by atoms with Crippen LogP contribution in [0.25, 0.3) is 0 Å². The van der Waals surface area contributed by atoms with Crippen molar-refractivity contribution in [3.05, 3.63) is 41.4 Å². The van der Waals surface area contributed by atoms with E-state index in [0.29, 0.717) is 21.5 Å². The van der Waals surface area contributed by atoms with Crippen LogP contribution in [0.2, 0.25) is 0 Å². The van der Waals surface area contributed by atoms with Gasteiger partial charge >= 0.3 is 0 Å². The zero-order valence-electron chi connectivity index (χ0n) is 10.6. The Morgan fingerprint density at radius 2 is 1.85 bits per heavy atom. The molecule has 0 bridgehead atoms. The number of hydrogen-bond donors (Lipinski definition) is 1. The fourth-order valence-corrected chi connectivity index (χ4v) is 4.56. The van der Waals surface area contributed by atoms with Gasteiger partial charge in [0.25, 0.3) is 0 Å². The summed E-state index contributed by atoms with van der Waals surface area (Å²) < 4.78 is 13.2. The molecule has 0 aliphatic heterocycles. The number of methoxy groups -OCH3 is 2. The Morgan fingerprint density at radius 1 is 1.15 bits per heavy atom. The number of rotatable bonds is 4. The summed E-state index contributed by atoms with van der Waals surface area (Å²) in [5, 5.41) is 10.6. The molecule has 0 fully saturated rings. The van der Waals surface area contributed by atoms with E-state index in [9.17, 15) is 5.11 Å². The second-order valence-electron chi connectivity index (χ2n) is 3.88. The number of ether oxygens (including phenoxy) is 2. The molecule has 1 aromatic heterocycles. The first kappa shape index (κ1) is 16.3. The van der Waals surface area contributed by atoms with Crippen LogP contribution in [0.15, 0.2) is 30.9 Å². The van der Waals surface area contributed by atoms with Crippen molar-refractivity contribution in [2.75, 3.05) is 14.2 Å². The number of aliphatic hydroxyl groups is 1. The van der Waals surface area contributed by atoms with E-state index < -0.39 is 6.10 Å². The van der Waals surface area contributed by atoms with Crippen LogP contribution in [0.4, 0.5) is 0 Å². The van der Waals surface area contributed by atoms with E-state index in [4.69, 9.17) is 9.47 Å². The van der Waals surface area contributed by atoms with Crippen LogP contribution in [0.1, 0.15) is 16.5 Å². The Morgan fingerprint density at radius 3 is 2.35 bits per heavy atom. The minimum absolute atomic E-state index is 0.567. The lowest BCUT2D eigenvalue weighted by Gasteiger charge is -2.16. The summed E-state index contributed by atoms with van der Waals surface area (Å²) in [6, 6.07) is 5.48. The fraction of sp³-hybridized carbons (Fsp3) is 0.231. The average Bonchev–Trinajstić information content (AvgIpc) is 2.77. The third kappa shape index (κ3) is 3.06. The first-order valence-corrected chi connectivity index (χ1v) is 8.72. The van der Waals surface area contributed by atoms with Crippen molar-refractivity contribution in [3.8, 4) is 11.5 Å². The summed E-state index contributed by atoms with van der Waals surface area (Å²) in [6.45, 7) is 0. The maximum absolute atomic E-state index is 10.6. The van der Waals surface area contributed by atoms with Crippen molar-refractivity contribution >= 4 is 59.1 Å². The largest absolute Gasteiger partial charge is 0.495 e. The predicted octanol–water partition coefficient (Wildman–Crippen LogP) is 5.13. The summed E-state index contributed by atoms with van der Waals surface area (Å²) in [6.07, 6.45) is -0.764. The molecule has 0 radical (unpaired) electrons. The molecule has 0 amide bonds. The maximum atomic E-state index is 10.6. The quantitative estimate of drug-likeness (QED) is 0.650. The van der Waals surface area contributed by atoms with Gasteiger partial charge in [-0.1, -0.05) is 0 Å². The molecular formula is C13H11Br3O3S. The van der Waals surface area contributed by atoms with Gasteiger partial charge in [0, 0.05) is 14.9 Å². The molecule has 1 heterocycles. The summed E-state index contributed by atoms with van der Waals surface area (Å²) in [5.74, 6) is 1.23. The van der Waals surface area contributed by atoms with Crippen LogP contribution in [0.3, 0.4) is 0 Å². The van der Waals surface area contributed by atoms with E-state index in [1.807, 2.05) is 6.07 Å². The molecule has 1 aromatic carbocycles. The van der Waals surface area contributed by atoms with Crippen molar-refractivity contribution in [1.29, 1.82) is 0 Å². The van der Waals surface area contributed by atoms with E-state index in [2.05, 4.69) is 47.8 Å². The first-order valence-electron chi connectivity index (χ1n) is 5.52. The highest BCUT2D eigenvalue weighted by atomic mass is 79.9. The Labute approximate surface area is 146 Å². The highest BCUT2D eigenvalue weighted by Crippen LogP contribution is 2.44. The maximum Gasteiger partial charge on any atom is 0.142 e. The standard InChI is InChI=1S/C13H11Br3O3S/c1-18-8-4-3-6(12(19-2)10(8)15)11(17)9-5-7(14)13(16)20-9/h3-5,11,17H,1-2H3. The van der Waals surface area contributed by atoms with Crippen LogP contribution in [-0.2, 0) is 0 Å². The molecule has 1 N–H and O–H groups in total. The monoisotopic (exact) mass is 484 g/mol. The number of hydrogen-bond acceptors (Lipinski definition) is 4. The second kappa shape index (κ2) is 6.79. The third-order valence-corrected chi connectivity index (χ3v) is 6.80. The molecule has 20 heavy (non-hydrogen) atoms. The van der Waals surface area contributed by atoms with Crippen molar-refractivity contribution in [1.82, 2.24) is 0 Å². The Balaban J connectivity index is 2.49. The highest BCUT2D eigenvalue weighted by Gasteiger charge is 2.22. The molecule has 2 aromatic rings. The lowest BCUT2D eigenvalue weighted by molar-refractivity contribution is 0.218. The highest BCUT2D eigenvalue weighted by molar-refractivity contribution is 9.13.